The van der Waals surface area contributed by atoms with E-state index in [2.05, 4.69) is 33.5 Å². The van der Waals surface area contributed by atoms with Gasteiger partial charge in [0.2, 0.25) is 0 Å². The normalized spacial score (nSPS) is 11.6. The summed E-state index contributed by atoms with van der Waals surface area (Å²) in [6.45, 7) is 2.06. The Bertz CT molecular complexity index is 1120. The Morgan fingerprint density at radius 1 is 0.966 bits per heavy atom. The number of rotatable bonds is 5. The fourth-order valence-electron chi connectivity index (χ4n) is 2.66. The van der Waals surface area contributed by atoms with Gasteiger partial charge in [-0.2, -0.15) is 0 Å². The number of alkyl halides is 3. The van der Waals surface area contributed by atoms with Crippen molar-refractivity contribution >= 4 is 39.2 Å². The third-order valence-corrected chi connectivity index (χ3v) is 5.93. The molecule has 3 aromatic carbocycles. The van der Waals surface area contributed by atoms with Crippen molar-refractivity contribution in [2.45, 2.75) is 18.2 Å². The molecule has 0 unspecified atom stereocenters. The van der Waals surface area contributed by atoms with Crippen molar-refractivity contribution in [2.24, 2.45) is 0 Å². The van der Waals surface area contributed by atoms with Gasteiger partial charge >= 0.3 is 6.36 Å². The second kappa shape index (κ2) is 7.96. The summed E-state index contributed by atoms with van der Waals surface area (Å²) in [6.07, 6.45) is -4.68. The minimum Gasteiger partial charge on any atom is -0.406 e. The molecule has 0 atom stereocenters. The number of nitrogens with zero attached hydrogens (tertiary/aromatic N) is 1. The number of thiazole rings is 1. The molecule has 0 spiro atoms. The van der Waals surface area contributed by atoms with Gasteiger partial charge in [-0.3, -0.25) is 0 Å². The van der Waals surface area contributed by atoms with Gasteiger partial charge in [-0.05, 0) is 85.1 Å². The summed E-state index contributed by atoms with van der Waals surface area (Å²) in [7, 11) is 0. The van der Waals surface area contributed by atoms with Gasteiger partial charge in [0.25, 0.3) is 0 Å². The molecule has 0 fully saturated rings. The zero-order chi connectivity index (χ0) is 20.4. The highest BCUT2D eigenvalue weighted by Crippen LogP contribution is 2.32. The van der Waals surface area contributed by atoms with Crippen LogP contribution < -0.4 is 9.46 Å². The predicted molar refractivity (Wildman–Crippen MR) is 112 cm³/mol. The molecule has 0 aliphatic carbocycles. The van der Waals surface area contributed by atoms with Crippen molar-refractivity contribution in [3.05, 3.63) is 72.3 Å². The molecule has 1 heterocycles. The summed E-state index contributed by atoms with van der Waals surface area (Å²) < 4.78 is 44.8. The van der Waals surface area contributed by atoms with Crippen LogP contribution in [0.15, 0.2) is 71.6 Å². The van der Waals surface area contributed by atoms with Crippen LogP contribution in [0.5, 0.6) is 5.75 Å². The van der Waals surface area contributed by atoms with E-state index in [1.807, 2.05) is 30.3 Å². The van der Waals surface area contributed by atoms with Crippen LogP contribution in [0, 0.1) is 6.92 Å². The first-order chi connectivity index (χ1) is 13.9. The van der Waals surface area contributed by atoms with Gasteiger partial charge in [0.05, 0.1) is 10.2 Å². The quantitative estimate of drug-likeness (QED) is 0.336. The van der Waals surface area contributed by atoms with Crippen molar-refractivity contribution in [2.75, 3.05) is 4.72 Å². The van der Waals surface area contributed by atoms with E-state index < -0.39 is 6.36 Å². The maximum atomic E-state index is 12.2. The van der Waals surface area contributed by atoms with Crippen molar-refractivity contribution in [3.63, 3.8) is 0 Å². The van der Waals surface area contributed by atoms with Crippen LogP contribution in [-0.2, 0) is 0 Å². The molecule has 1 N–H and O–H groups in total. The fraction of sp³-hybridized carbons (Fsp3) is 0.0952. The summed E-state index contributed by atoms with van der Waals surface area (Å²) in [6, 6.07) is 19.8. The Morgan fingerprint density at radius 2 is 1.69 bits per heavy atom. The topological polar surface area (TPSA) is 34.2 Å². The molecular weight excluding hydrogens is 417 g/mol. The standard InChI is InChI=1S/C21H15F3N2OS2/c1-13-2-11-18-19(12-13)28-20(25-18)14-3-5-15(6-4-14)26-29-17-9-7-16(8-10-17)27-21(22,23)24/h2-12,26H,1H3. The highest BCUT2D eigenvalue weighted by atomic mass is 32.2. The molecule has 0 aliphatic rings. The van der Waals surface area contributed by atoms with Gasteiger partial charge in [-0.1, -0.05) is 6.07 Å². The highest BCUT2D eigenvalue weighted by Gasteiger charge is 2.30. The number of fused-ring (bicyclic) bond motifs is 1. The molecule has 3 nitrogen and oxygen atoms in total. The summed E-state index contributed by atoms with van der Waals surface area (Å²) in [5.41, 5.74) is 4.12. The zero-order valence-corrected chi connectivity index (χ0v) is 16.8. The van der Waals surface area contributed by atoms with Crippen LogP contribution >= 0.6 is 23.3 Å². The number of anilines is 1. The molecule has 0 aliphatic heterocycles. The van der Waals surface area contributed by atoms with Crippen LogP contribution in [-0.4, -0.2) is 11.3 Å². The lowest BCUT2D eigenvalue weighted by Gasteiger charge is -2.09. The van der Waals surface area contributed by atoms with Gasteiger partial charge in [-0.25, -0.2) is 4.98 Å². The maximum Gasteiger partial charge on any atom is 0.573 e. The van der Waals surface area contributed by atoms with E-state index in [1.54, 1.807) is 23.5 Å². The average Bonchev–Trinajstić information content (AvgIpc) is 3.10. The summed E-state index contributed by atoms with van der Waals surface area (Å²) in [5, 5.41) is 0.963. The molecule has 0 radical (unpaired) electrons. The Morgan fingerprint density at radius 3 is 2.38 bits per heavy atom. The fourth-order valence-corrected chi connectivity index (χ4v) is 4.38. The Hall–Kier alpha value is -2.71. The van der Waals surface area contributed by atoms with Gasteiger partial charge in [0.15, 0.2) is 0 Å². The minimum absolute atomic E-state index is 0.239. The number of nitrogens with one attached hydrogen (secondary N) is 1. The van der Waals surface area contributed by atoms with E-state index in [9.17, 15) is 13.2 Å². The summed E-state index contributed by atoms with van der Waals surface area (Å²) in [5.74, 6) is -0.239. The van der Waals surface area contributed by atoms with Crippen LogP contribution in [0.25, 0.3) is 20.8 Å². The molecule has 4 rings (SSSR count). The first-order valence-corrected chi connectivity index (χ1v) is 10.3. The van der Waals surface area contributed by atoms with Crippen molar-refractivity contribution in [1.29, 1.82) is 0 Å². The van der Waals surface area contributed by atoms with Crippen molar-refractivity contribution in [1.82, 2.24) is 4.98 Å². The van der Waals surface area contributed by atoms with Crippen LogP contribution in [0.3, 0.4) is 0 Å². The number of benzene rings is 3. The largest absolute Gasteiger partial charge is 0.573 e. The highest BCUT2D eigenvalue weighted by molar-refractivity contribution is 8.00. The summed E-state index contributed by atoms with van der Waals surface area (Å²) in [4.78, 5) is 5.45. The van der Waals surface area contributed by atoms with E-state index in [0.29, 0.717) is 0 Å². The minimum atomic E-state index is -4.68. The van der Waals surface area contributed by atoms with Gasteiger partial charge in [-0.15, -0.1) is 24.5 Å². The maximum absolute atomic E-state index is 12.2. The molecule has 0 saturated carbocycles. The van der Waals surface area contributed by atoms with Crippen molar-refractivity contribution < 1.29 is 17.9 Å². The zero-order valence-electron chi connectivity index (χ0n) is 15.2. The molecule has 29 heavy (non-hydrogen) atoms. The SMILES string of the molecule is Cc1ccc2nc(-c3ccc(NSc4ccc(OC(F)(F)F)cc4)cc3)sc2c1. The third-order valence-electron chi connectivity index (χ3n) is 4.02. The lowest BCUT2D eigenvalue weighted by Crippen LogP contribution is -2.16. The smallest absolute Gasteiger partial charge is 0.406 e. The predicted octanol–water partition coefficient (Wildman–Crippen LogP) is 7.29. The van der Waals surface area contributed by atoms with E-state index in [1.165, 1.54) is 29.6 Å². The number of halogens is 3. The number of hydrogen-bond acceptors (Lipinski definition) is 5. The lowest BCUT2D eigenvalue weighted by molar-refractivity contribution is -0.274. The molecular formula is C21H15F3N2OS2. The monoisotopic (exact) mass is 432 g/mol. The third kappa shape index (κ3) is 5.02. The second-order valence-electron chi connectivity index (χ2n) is 6.29. The molecule has 0 bridgehead atoms. The molecule has 0 saturated heterocycles. The van der Waals surface area contributed by atoms with Crippen LogP contribution in [0.1, 0.15) is 5.56 Å². The Labute approximate surface area is 173 Å². The molecule has 4 aromatic rings. The second-order valence-corrected chi connectivity index (χ2v) is 8.20. The van der Waals surface area contributed by atoms with Crippen LogP contribution in [0.4, 0.5) is 18.9 Å². The van der Waals surface area contributed by atoms with E-state index in [0.717, 1.165) is 31.4 Å². The molecule has 0 amide bonds. The number of aromatic nitrogens is 1. The first kappa shape index (κ1) is 19.6. The van der Waals surface area contributed by atoms with Gasteiger partial charge in [0.1, 0.15) is 10.8 Å². The van der Waals surface area contributed by atoms with Crippen molar-refractivity contribution in [3.8, 4) is 16.3 Å². The first-order valence-electron chi connectivity index (χ1n) is 8.62. The number of ether oxygens (including phenoxy) is 1. The summed E-state index contributed by atoms with van der Waals surface area (Å²) >= 11 is 2.96. The number of aryl methyl sites for hydroxylation is 1. The van der Waals surface area contributed by atoms with E-state index in [-0.39, 0.29) is 5.75 Å². The molecule has 1 aromatic heterocycles. The van der Waals surface area contributed by atoms with E-state index in [4.69, 9.17) is 0 Å². The molecule has 148 valence electrons. The number of hydrogen-bond donors (Lipinski definition) is 1. The van der Waals surface area contributed by atoms with Gasteiger partial charge in [0, 0.05) is 16.1 Å². The Balaban J connectivity index is 1.40. The van der Waals surface area contributed by atoms with E-state index >= 15 is 0 Å². The Kier molecular flexibility index (Phi) is 5.38. The molecule has 8 heteroatoms. The van der Waals surface area contributed by atoms with Crippen LogP contribution in [0.2, 0.25) is 0 Å². The lowest BCUT2D eigenvalue weighted by atomic mass is 10.2. The average molecular weight is 432 g/mol. The van der Waals surface area contributed by atoms with Gasteiger partial charge < -0.3 is 9.46 Å².